The molecule has 19 radical (unpaired) electrons. The molecule has 0 amide bonds. The SMILES string of the molecule is C#CC#CC#CC#CC#CC#CC#CC.CCC(C)CC1CCC(C2CCC(C#N)CC2)CC1.CCC(C)COC1CCC(C2CCC(C#N)CC2)CC1.O.O.O.O.[B][B]B(B([B])[B])C(B([B])[B])(B([B])[B])B([B])[B]. The Labute approximate surface area is 466 Å². The van der Waals surface area contributed by atoms with Crippen LogP contribution < -0.4 is 0 Å². The topological polar surface area (TPSA) is 183 Å². The van der Waals surface area contributed by atoms with Crippen molar-refractivity contribution in [3.8, 4) is 95.5 Å². The fourth-order valence-electron chi connectivity index (χ4n) is 10.6. The minimum absolute atomic E-state index is 0. The normalized spacial score (nSPS) is 22.4. The predicted molar refractivity (Wildman–Crippen MR) is 327 cm³/mol. The highest BCUT2D eigenvalue weighted by Crippen LogP contribution is 2.43. The predicted octanol–water partition coefficient (Wildman–Crippen LogP) is 2.36. The lowest BCUT2D eigenvalue weighted by atomic mass is 8.60. The highest BCUT2D eigenvalue weighted by atomic mass is 16.5. The summed E-state index contributed by atoms with van der Waals surface area (Å²) in [6, 6.07) is 4.91. The van der Waals surface area contributed by atoms with Gasteiger partial charge in [-0.25, -0.2) is 0 Å². The molecule has 74 heavy (non-hydrogen) atoms. The Balaban J connectivity index is -0.000000437. The largest absolute Gasteiger partial charge is 0.412 e. The molecule has 2 atom stereocenters. The van der Waals surface area contributed by atoms with Gasteiger partial charge < -0.3 is 26.6 Å². The molecule has 8 N–H and O–H groups in total. The molecule has 0 aromatic heterocycles. The second-order valence-electron chi connectivity index (χ2n) is 20.0. The molecule has 0 bridgehead atoms. The van der Waals surface area contributed by atoms with Crippen molar-refractivity contribution in [1.82, 2.24) is 0 Å². The first kappa shape index (κ1) is 77.2. The molecule has 0 aromatic rings. The Bertz CT molecular complexity index is 2000. The fraction of sp³-hybridized carbons (Fsp3) is 0.692. The molecule has 0 heterocycles. The van der Waals surface area contributed by atoms with Crippen LogP contribution in [0.1, 0.15) is 157 Å². The van der Waals surface area contributed by atoms with Crippen LogP contribution in [0.5, 0.6) is 0 Å². The van der Waals surface area contributed by atoms with Crippen LogP contribution in [0.4, 0.5) is 0 Å². The number of terminal acetylenes is 1. The molecule has 22 heteroatoms. The van der Waals surface area contributed by atoms with E-state index in [9.17, 15) is 0 Å². The van der Waals surface area contributed by atoms with Gasteiger partial charge in [0, 0.05) is 127 Å². The van der Waals surface area contributed by atoms with Crippen LogP contribution in [-0.2, 0) is 4.74 Å². The molecule has 2 unspecified atom stereocenters. The third-order valence-corrected chi connectivity index (χ3v) is 15.4. The molecule has 0 spiro atoms. The average Bonchev–Trinajstić information content (AvgIpc) is 3.37. The number of nitrogens with zero attached hydrogens (tertiary/aromatic N) is 2. The van der Waals surface area contributed by atoms with Crippen molar-refractivity contribution in [2.24, 2.45) is 53.3 Å². The van der Waals surface area contributed by atoms with Crippen molar-refractivity contribution >= 4 is 109 Å². The van der Waals surface area contributed by atoms with Gasteiger partial charge in [0.05, 0.1) is 18.2 Å². The van der Waals surface area contributed by atoms with Gasteiger partial charge in [-0.05, 0) is 216 Å². The molecule has 4 fully saturated rings. The first-order chi connectivity index (χ1) is 33.6. The van der Waals surface area contributed by atoms with Crippen LogP contribution in [0.2, 0.25) is 5.01 Å². The van der Waals surface area contributed by atoms with Crippen LogP contribution in [0, 0.1) is 159 Å². The molecule has 367 valence electrons. The van der Waals surface area contributed by atoms with Crippen molar-refractivity contribution in [3.05, 3.63) is 0 Å². The smallest absolute Gasteiger partial charge is 0.0655 e. The highest BCUT2D eigenvalue weighted by Gasteiger charge is 2.46. The van der Waals surface area contributed by atoms with E-state index in [2.05, 4.69) is 117 Å². The molecule has 4 aliphatic rings. The van der Waals surface area contributed by atoms with E-state index in [4.69, 9.17) is 91.3 Å². The molecule has 0 saturated heterocycles. The van der Waals surface area contributed by atoms with Crippen LogP contribution in [0.3, 0.4) is 0 Å². The number of nitriles is 2. The van der Waals surface area contributed by atoms with Gasteiger partial charge in [0.25, 0.3) is 0 Å². The Kier molecular flexibility index (Phi) is 47.8. The summed E-state index contributed by atoms with van der Waals surface area (Å²) in [7, 11) is 51.8. The Hall–Kier alpha value is -3.33. The van der Waals surface area contributed by atoms with Gasteiger partial charge in [-0.1, -0.05) is 59.3 Å². The van der Waals surface area contributed by atoms with Crippen molar-refractivity contribution in [2.75, 3.05) is 6.61 Å². The molecule has 0 aromatic carbocycles. The van der Waals surface area contributed by atoms with Crippen LogP contribution in [0.15, 0.2) is 0 Å². The van der Waals surface area contributed by atoms with E-state index in [1.165, 1.54) is 116 Å². The van der Waals surface area contributed by atoms with E-state index in [1.807, 2.05) is 0 Å². The second-order valence-corrected chi connectivity index (χ2v) is 20.0. The summed E-state index contributed by atoms with van der Waals surface area (Å²) in [6.45, 7) is 8.17. The number of rotatable bonds is 15. The van der Waals surface area contributed by atoms with Crippen molar-refractivity contribution in [3.63, 3.8) is 0 Å². The van der Waals surface area contributed by atoms with Gasteiger partial charge in [-0.2, -0.15) is 15.5 Å². The van der Waals surface area contributed by atoms with Gasteiger partial charge in [0.2, 0.25) is 0 Å². The second kappa shape index (κ2) is 45.8. The van der Waals surface area contributed by atoms with Crippen LogP contribution >= 0.6 is 0 Å². The average molecular weight is 969 g/mol. The lowest BCUT2D eigenvalue weighted by Gasteiger charge is -2.53. The van der Waals surface area contributed by atoms with Crippen LogP contribution in [-0.4, -0.2) is 144 Å². The number of hydrogen-bond donors (Lipinski definition) is 0. The van der Waals surface area contributed by atoms with Crippen LogP contribution in [0.25, 0.3) is 0 Å². The van der Waals surface area contributed by atoms with E-state index < -0.39 is 37.4 Å². The number of hydrogen-bond acceptors (Lipinski definition) is 3. The van der Waals surface area contributed by atoms with Crippen molar-refractivity contribution in [2.45, 2.75) is 168 Å². The zero-order valence-corrected chi connectivity index (χ0v) is 45.5. The maximum atomic E-state index is 8.98. The Morgan fingerprint density at radius 1 is 0.541 bits per heavy atom. The summed E-state index contributed by atoms with van der Waals surface area (Å²) < 4.78 is 6.06. The number of ether oxygens (including phenoxy) is 1. The van der Waals surface area contributed by atoms with E-state index in [-0.39, 0.29) is 21.9 Å². The minimum Gasteiger partial charge on any atom is -0.412 e. The van der Waals surface area contributed by atoms with Gasteiger partial charge >= 0.3 is 0 Å². The third kappa shape index (κ3) is 29.3. The minimum atomic E-state index is -1.27. The van der Waals surface area contributed by atoms with Gasteiger partial charge in [-0.3, -0.25) is 0 Å². The molecule has 0 aliphatic heterocycles. The molecule has 4 aliphatic carbocycles. The van der Waals surface area contributed by atoms with E-state index in [1.54, 1.807) is 6.92 Å². The Morgan fingerprint density at radius 3 is 1.16 bits per heavy atom. The summed E-state index contributed by atoms with van der Waals surface area (Å²) >= 11 is 0. The standard InChI is InChI=1S/C18H31NO.C18H31N.C15H4.CB15.4H2O/c1-3-14(2)13-20-18-10-8-17(9-11-18)16-6-4-15(12-19)5-7-16;1-3-14(2)12-15-4-8-17(9-5-15)18-10-6-16(13-19)7-11-18;1-3-5-7-9-11-13-15-14-12-10-8-6-4-2;2-11-15(16(9)10)1(12(3)4,13(5)6)14(7)8;;;;/h14-18H,3-11,13H2,1-2H3;14-18H,3-12H2,1-2H3;1H,2H3;;4*1H2. The van der Waals surface area contributed by atoms with Gasteiger partial charge in [-0.15, -0.1) is 6.42 Å². The first-order valence-corrected chi connectivity index (χ1v) is 26.0. The monoisotopic (exact) mass is 972 g/mol. The molecular formula is C52H74B15N2O5. The van der Waals surface area contributed by atoms with Gasteiger partial charge in [0.15, 0.2) is 0 Å². The summed E-state index contributed by atoms with van der Waals surface area (Å²) in [6.07, 6.45) is 29.6. The van der Waals surface area contributed by atoms with Crippen molar-refractivity contribution in [1.29, 1.82) is 10.5 Å². The lowest BCUT2D eigenvalue weighted by Crippen LogP contribution is -2.71. The summed E-state index contributed by atoms with van der Waals surface area (Å²) in [4.78, 5) is 0. The van der Waals surface area contributed by atoms with E-state index in [0.717, 1.165) is 55.0 Å². The van der Waals surface area contributed by atoms with Gasteiger partial charge in [0.1, 0.15) is 0 Å². The van der Waals surface area contributed by atoms with E-state index in [0.29, 0.717) is 23.9 Å². The summed E-state index contributed by atoms with van der Waals surface area (Å²) in [5.41, 5.74) is 0. The summed E-state index contributed by atoms with van der Waals surface area (Å²) in [5, 5.41) is 16.7. The zero-order valence-electron chi connectivity index (χ0n) is 45.5. The Morgan fingerprint density at radius 2 is 0.878 bits per heavy atom. The maximum absolute atomic E-state index is 8.98. The lowest BCUT2D eigenvalue weighted by molar-refractivity contribution is -0.00695. The fourth-order valence-corrected chi connectivity index (χ4v) is 10.6. The quantitative estimate of drug-likeness (QED) is 0.181. The highest BCUT2D eigenvalue weighted by molar-refractivity contribution is 7.80. The molecule has 7 nitrogen and oxygen atoms in total. The van der Waals surface area contributed by atoms with Crippen molar-refractivity contribution < 1.29 is 26.6 Å². The third-order valence-electron chi connectivity index (χ3n) is 15.4. The zero-order chi connectivity index (χ0) is 52.3. The first-order valence-electron chi connectivity index (χ1n) is 26.0. The van der Waals surface area contributed by atoms with E-state index >= 15 is 0 Å². The summed E-state index contributed by atoms with van der Waals surface area (Å²) in [5.74, 6) is 39.0. The molecule has 4 rings (SSSR count). The maximum Gasteiger partial charge on any atom is 0.0655 e. The molecule has 4 saturated carbocycles. The molecular weight excluding hydrogens is 895 g/mol.